The van der Waals surface area contributed by atoms with Gasteiger partial charge < -0.3 is 5.73 Å². The van der Waals surface area contributed by atoms with Gasteiger partial charge in [0.2, 0.25) is 0 Å². The fourth-order valence-corrected chi connectivity index (χ4v) is 1.60. The lowest BCUT2D eigenvalue weighted by molar-refractivity contribution is -0.116. The Bertz CT molecular complexity index is 382. The number of nitrogen functional groups attached to an aromatic ring is 1. The van der Waals surface area contributed by atoms with Crippen molar-refractivity contribution in [1.82, 2.24) is 0 Å². The van der Waals surface area contributed by atoms with Gasteiger partial charge in [0, 0.05) is 11.3 Å². The third-order valence-electron chi connectivity index (χ3n) is 1.99. The van der Waals surface area contributed by atoms with Gasteiger partial charge in [0.15, 0.2) is 0 Å². The Morgan fingerprint density at radius 2 is 2.07 bits per heavy atom. The Labute approximate surface area is 94.6 Å². The van der Waals surface area contributed by atoms with Crippen LogP contribution in [0.5, 0.6) is 0 Å². The Kier molecular flexibility index (Phi) is 3.79. The van der Waals surface area contributed by atoms with Gasteiger partial charge in [-0.1, -0.05) is 28.1 Å². The Morgan fingerprint density at radius 3 is 2.47 bits per heavy atom. The molecule has 0 aromatic heterocycles. The minimum atomic E-state index is -2.55. The van der Waals surface area contributed by atoms with Crippen LogP contribution in [0.2, 0.25) is 0 Å². The third kappa shape index (κ3) is 2.75. The number of anilines is 1. The molecular formula is C10H10BrF2NO. The summed E-state index contributed by atoms with van der Waals surface area (Å²) in [7, 11) is 0. The van der Waals surface area contributed by atoms with Crippen LogP contribution in [0.4, 0.5) is 14.5 Å². The number of carbonyl (C=O) groups excluding carboxylic acids is 1. The summed E-state index contributed by atoms with van der Waals surface area (Å²) in [6, 6.07) is 3.91. The van der Waals surface area contributed by atoms with Gasteiger partial charge in [-0.15, -0.1) is 0 Å². The van der Waals surface area contributed by atoms with Crippen molar-refractivity contribution >= 4 is 27.4 Å². The molecule has 0 heterocycles. The number of ketones is 1. The zero-order valence-electron chi connectivity index (χ0n) is 8.01. The second kappa shape index (κ2) is 4.70. The maximum atomic E-state index is 12.3. The second-order valence-corrected chi connectivity index (χ2v) is 4.08. The predicted molar refractivity (Wildman–Crippen MR) is 58.2 cm³/mol. The lowest BCUT2D eigenvalue weighted by Crippen LogP contribution is -2.05. The largest absolute Gasteiger partial charge is 0.398 e. The molecule has 1 aromatic rings. The van der Waals surface area contributed by atoms with Crippen molar-refractivity contribution in [2.75, 3.05) is 5.73 Å². The predicted octanol–water partition coefficient (Wildman–Crippen LogP) is 3.23. The van der Waals surface area contributed by atoms with Crippen molar-refractivity contribution in [1.29, 1.82) is 0 Å². The molecule has 2 nitrogen and oxygen atoms in total. The highest BCUT2D eigenvalue weighted by atomic mass is 79.9. The molecule has 0 radical (unpaired) electrons. The highest BCUT2D eigenvalue weighted by Crippen LogP contribution is 2.31. The molecule has 15 heavy (non-hydrogen) atoms. The number of rotatable bonds is 3. The molecule has 0 bridgehead atoms. The van der Waals surface area contributed by atoms with E-state index in [-0.39, 0.29) is 17.0 Å². The minimum absolute atomic E-state index is 0.119. The van der Waals surface area contributed by atoms with Crippen molar-refractivity contribution in [3.05, 3.63) is 29.3 Å². The fourth-order valence-electron chi connectivity index (χ4n) is 1.18. The van der Waals surface area contributed by atoms with E-state index in [9.17, 15) is 13.6 Å². The number of Topliss-reactive ketones (excluding diaryl/α,β-unsaturated/α-hetero) is 1. The summed E-state index contributed by atoms with van der Waals surface area (Å²) in [6.07, 6.45) is -2.55. The monoisotopic (exact) mass is 277 g/mol. The minimum Gasteiger partial charge on any atom is -0.398 e. The molecule has 1 unspecified atom stereocenters. The van der Waals surface area contributed by atoms with E-state index >= 15 is 0 Å². The number of hydrogen-bond acceptors (Lipinski definition) is 2. The van der Waals surface area contributed by atoms with E-state index in [2.05, 4.69) is 15.9 Å². The summed E-state index contributed by atoms with van der Waals surface area (Å²) in [5.41, 5.74) is 6.16. The number of benzene rings is 1. The molecule has 0 saturated carbocycles. The van der Waals surface area contributed by atoms with Gasteiger partial charge in [-0.05, 0) is 18.6 Å². The van der Waals surface area contributed by atoms with Crippen LogP contribution in [0.1, 0.15) is 29.3 Å². The van der Waals surface area contributed by atoms with Gasteiger partial charge in [-0.25, -0.2) is 8.78 Å². The Morgan fingerprint density at radius 1 is 1.47 bits per heavy atom. The molecule has 0 aliphatic heterocycles. The topological polar surface area (TPSA) is 43.1 Å². The average molecular weight is 278 g/mol. The third-order valence-corrected chi connectivity index (χ3v) is 3.13. The number of carbonyl (C=O) groups is 1. The van der Waals surface area contributed by atoms with Crippen molar-refractivity contribution in [3.63, 3.8) is 0 Å². The quantitative estimate of drug-likeness (QED) is 0.681. The normalized spacial score (nSPS) is 12.9. The van der Waals surface area contributed by atoms with E-state index in [4.69, 9.17) is 5.73 Å². The fraction of sp³-hybridized carbons (Fsp3) is 0.300. The standard InChI is InChI=1S/C10H10BrF2NO/c1-5(15)9(11)7-3-2-6(10(12)13)4-8(7)14/h2-4,9-10H,14H2,1H3. The van der Waals surface area contributed by atoms with Crippen LogP contribution in [-0.4, -0.2) is 5.78 Å². The van der Waals surface area contributed by atoms with Gasteiger partial charge in [0.1, 0.15) is 5.78 Å². The first kappa shape index (κ1) is 12.1. The molecule has 5 heteroatoms. The van der Waals surface area contributed by atoms with Crippen LogP contribution in [-0.2, 0) is 4.79 Å². The lowest BCUT2D eigenvalue weighted by Gasteiger charge is -2.11. The van der Waals surface area contributed by atoms with Crippen LogP contribution in [0.15, 0.2) is 18.2 Å². The maximum absolute atomic E-state index is 12.3. The SMILES string of the molecule is CC(=O)C(Br)c1ccc(C(F)F)cc1N. The summed E-state index contributed by atoms with van der Waals surface area (Å²) < 4.78 is 24.6. The van der Waals surface area contributed by atoms with Crippen LogP contribution in [0, 0.1) is 0 Å². The molecule has 0 spiro atoms. The Balaban J connectivity index is 3.08. The van der Waals surface area contributed by atoms with Crippen molar-refractivity contribution in [2.45, 2.75) is 18.2 Å². The van der Waals surface area contributed by atoms with Crippen molar-refractivity contribution in [3.8, 4) is 0 Å². The maximum Gasteiger partial charge on any atom is 0.263 e. The van der Waals surface area contributed by atoms with Gasteiger partial charge in [0.05, 0.1) is 4.83 Å². The number of alkyl halides is 3. The van der Waals surface area contributed by atoms with E-state index in [1.165, 1.54) is 25.1 Å². The van der Waals surface area contributed by atoms with Gasteiger partial charge in [-0.3, -0.25) is 4.79 Å². The molecule has 2 N–H and O–H groups in total. The van der Waals surface area contributed by atoms with Crippen LogP contribution in [0.25, 0.3) is 0 Å². The zero-order valence-corrected chi connectivity index (χ0v) is 9.59. The summed E-state index contributed by atoms with van der Waals surface area (Å²) in [4.78, 5) is 10.5. The number of halogens is 3. The highest BCUT2D eigenvalue weighted by molar-refractivity contribution is 9.09. The van der Waals surface area contributed by atoms with Gasteiger partial charge in [0.25, 0.3) is 6.43 Å². The van der Waals surface area contributed by atoms with E-state index in [0.29, 0.717) is 5.56 Å². The molecule has 0 aliphatic carbocycles. The number of nitrogens with two attached hydrogens (primary N) is 1. The first-order valence-corrected chi connectivity index (χ1v) is 5.17. The van der Waals surface area contributed by atoms with Crippen molar-refractivity contribution in [2.24, 2.45) is 0 Å². The van der Waals surface area contributed by atoms with E-state index in [0.717, 1.165) is 0 Å². The molecule has 0 aliphatic rings. The van der Waals surface area contributed by atoms with E-state index in [1.807, 2.05) is 0 Å². The summed E-state index contributed by atoms with van der Waals surface area (Å²) >= 11 is 3.15. The first-order valence-electron chi connectivity index (χ1n) is 4.25. The highest BCUT2D eigenvalue weighted by Gasteiger charge is 2.17. The lowest BCUT2D eigenvalue weighted by atomic mass is 10.0. The van der Waals surface area contributed by atoms with Gasteiger partial charge in [-0.2, -0.15) is 0 Å². The van der Waals surface area contributed by atoms with Crippen LogP contribution in [0.3, 0.4) is 0 Å². The molecule has 1 aromatic carbocycles. The first-order chi connectivity index (χ1) is 6.93. The van der Waals surface area contributed by atoms with Gasteiger partial charge >= 0.3 is 0 Å². The molecule has 1 atom stereocenters. The summed E-state index contributed by atoms with van der Waals surface area (Å²) in [6.45, 7) is 1.40. The number of hydrogen-bond donors (Lipinski definition) is 1. The molecule has 1 rings (SSSR count). The summed E-state index contributed by atoms with van der Waals surface area (Å²) in [5.74, 6) is -0.119. The van der Waals surface area contributed by atoms with Crippen LogP contribution >= 0.6 is 15.9 Å². The second-order valence-electron chi connectivity index (χ2n) is 3.16. The molecule has 82 valence electrons. The zero-order chi connectivity index (χ0) is 11.6. The van der Waals surface area contributed by atoms with Crippen molar-refractivity contribution < 1.29 is 13.6 Å². The average Bonchev–Trinajstić information content (AvgIpc) is 2.16. The van der Waals surface area contributed by atoms with E-state index in [1.54, 1.807) is 0 Å². The summed E-state index contributed by atoms with van der Waals surface area (Å²) in [5, 5.41) is 0. The molecular weight excluding hydrogens is 268 g/mol. The molecule has 0 saturated heterocycles. The molecule has 0 amide bonds. The molecule has 0 fully saturated rings. The van der Waals surface area contributed by atoms with Crippen LogP contribution < -0.4 is 5.73 Å². The Hall–Kier alpha value is -0.970. The van der Waals surface area contributed by atoms with E-state index < -0.39 is 11.3 Å². The smallest absolute Gasteiger partial charge is 0.263 e.